The molecule has 3 rings (SSSR count). The van der Waals surface area contributed by atoms with Crippen LogP contribution in [0.1, 0.15) is 41.8 Å². The Morgan fingerprint density at radius 3 is 2.41 bits per heavy atom. The maximum atomic E-state index is 13.5. The first kappa shape index (κ1) is 24.5. The number of amides is 2. The SMILES string of the molecule is CO[C@H](C)c1c(NC(=O)Nc2cnc(-n3nccn3)c(C(F)(F)F)c2)cnc(C(F)F)c1C#N. The van der Waals surface area contributed by atoms with Gasteiger partial charge >= 0.3 is 12.2 Å². The molecule has 2 amide bonds. The fourth-order valence-corrected chi connectivity index (χ4v) is 2.97. The number of methoxy groups -OCH3 is 1. The number of nitrogens with one attached hydrogen (secondary N) is 2. The molecule has 10 nitrogen and oxygen atoms in total. The lowest BCUT2D eigenvalue weighted by atomic mass is 10.0. The first-order valence-corrected chi connectivity index (χ1v) is 9.32. The van der Waals surface area contributed by atoms with Crippen molar-refractivity contribution < 1.29 is 31.5 Å². The molecule has 1 atom stereocenters. The van der Waals surface area contributed by atoms with Crippen molar-refractivity contribution in [3.63, 3.8) is 0 Å². The first-order chi connectivity index (χ1) is 16.1. The number of rotatable bonds is 6. The van der Waals surface area contributed by atoms with E-state index in [1.54, 1.807) is 6.07 Å². The van der Waals surface area contributed by atoms with Crippen LogP contribution in [0, 0.1) is 11.3 Å². The van der Waals surface area contributed by atoms with Crippen LogP contribution in [-0.2, 0) is 10.9 Å². The van der Waals surface area contributed by atoms with Gasteiger partial charge in [-0.05, 0) is 13.0 Å². The number of carbonyl (C=O) groups excluding carboxylic acids is 1. The van der Waals surface area contributed by atoms with Crippen LogP contribution in [0.4, 0.5) is 38.1 Å². The number of nitriles is 1. The van der Waals surface area contributed by atoms with Gasteiger partial charge in [0.1, 0.15) is 17.3 Å². The van der Waals surface area contributed by atoms with E-state index >= 15 is 0 Å². The summed E-state index contributed by atoms with van der Waals surface area (Å²) in [6.45, 7) is 1.45. The van der Waals surface area contributed by atoms with E-state index in [0.717, 1.165) is 12.4 Å². The molecule has 2 N–H and O–H groups in total. The van der Waals surface area contributed by atoms with Crippen molar-refractivity contribution in [2.45, 2.75) is 25.6 Å². The number of carbonyl (C=O) groups is 1. The third-order valence-corrected chi connectivity index (χ3v) is 4.51. The molecular formula is C19H15F5N8O2. The molecule has 15 heteroatoms. The number of hydrogen-bond donors (Lipinski definition) is 2. The molecule has 0 aromatic carbocycles. The molecular weight excluding hydrogens is 467 g/mol. The lowest BCUT2D eigenvalue weighted by molar-refractivity contribution is -0.137. The van der Waals surface area contributed by atoms with Crippen molar-refractivity contribution in [3.8, 4) is 11.9 Å². The van der Waals surface area contributed by atoms with Crippen LogP contribution in [0.15, 0.2) is 30.9 Å². The van der Waals surface area contributed by atoms with Gasteiger partial charge < -0.3 is 15.4 Å². The highest BCUT2D eigenvalue weighted by atomic mass is 19.4. The molecule has 0 bridgehead atoms. The number of hydrogen-bond acceptors (Lipinski definition) is 7. The van der Waals surface area contributed by atoms with E-state index in [1.807, 2.05) is 0 Å². The molecule has 0 aliphatic rings. The smallest absolute Gasteiger partial charge is 0.377 e. The van der Waals surface area contributed by atoms with E-state index < -0.39 is 47.4 Å². The minimum atomic E-state index is -4.85. The Morgan fingerprint density at radius 2 is 1.85 bits per heavy atom. The minimum absolute atomic E-state index is 0.0698. The van der Waals surface area contributed by atoms with Gasteiger partial charge in [0, 0.05) is 12.7 Å². The van der Waals surface area contributed by atoms with Crippen molar-refractivity contribution in [2.24, 2.45) is 0 Å². The maximum Gasteiger partial charge on any atom is 0.420 e. The number of pyridine rings is 2. The predicted molar refractivity (Wildman–Crippen MR) is 106 cm³/mol. The summed E-state index contributed by atoms with van der Waals surface area (Å²) < 4.78 is 72.2. The summed E-state index contributed by atoms with van der Waals surface area (Å²) in [5.74, 6) is -0.606. The number of aromatic nitrogens is 5. The molecule has 0 saturated carbocycles. The van der Waals surface area contributed by atoms with Gasteiger partial charge in [-0.2, -0.15) is 28.6 Å². The van der Waals surface area contributed by atoms with E-state index in [0.29, 0.717) is 10.9 Å². The van der Waals surface area contributed by atoms with Crippen LogP contribution < -0.4 is 10.6 Å². The third kappa shape index (κ3) is 5.07. The largest absolute Gasteiger partial charge is 0.420 e. The highest BCUT2D eigenvalue weighted by Gasteiger charge is 2.36. The van der Waals surface area contributed by atoms with Crippen LogP contribution in [0.2, 0.25) is 0 Å². The Kier molecular flexibility index (Phi) is 7.01. The molecule has 0 aliphatic carbocycles. The van der Waals surface area contributed by atoms with E-state index in [1.165, 1.54) is 26.4 Å². The van der Waals surface area contributed by atoms with Gasteiger partial charge in [0.2, 0.25) is 0 Å². The van der Waals surface area contributed by atoms with E-state index in [-0.39, 0.29) is 16.9 Å². The van der Waals surface area contributed by atoms with E-state index in [9.17, 15) is 32.0 Å². The van der Waals surface area contributed by atoms with Gasteiger partial charge in [-0.25, -0.2) is 18.6 Å². The minimum Gasteiger partial charge on any atom is -0.377 e. The molecule has 0 unspecified atom stereocenters. The summed E-state index contributed by atoms with van der Waals surface area (Å²) in [6.07, 6.45) is -4.61. The predicted octanol–water partition coefficient (Wildman–Crippen LogP) is 4.24. The van der Waals surface area contributed by atoms with Crippen LogP contribution >= 0.6 is 0 Å². The topological polar surface area (TPSA) is 131 Å². The second kappa shape index (κ2) is 9.75. The van der Waals surface area contributed by atoms with Gasteiger partial charge in [-0.3, -0.25) is 4.98 Å². The van der Waals surface area contributed by atoms with Gasteiger partial charge in [-0.1, -0.05) is 0 Å². The van der Waals surface area contributed by atoms with Gasteiger partial charge in [0.05, 0.1) is 47.8 Å². The third-order valence-electron chi connectivity index (χ3n) is 4.51. The van der Waals surface area contributed by atoms with Gasteiger partial charge in [-0.15, -0.1) is 4.80 Å². The van der Waals surface area contributed by atoms with E-state index in [2.05, 4.69) is 30.8 Å². The number of halogens is 5. The normalized spacial score (nSPS) is 12.3. The van der Waals surface area contributed by atoms with Gasteiger partial charge in [0.25, 0.3) is 6.43 Å². The molecule has 178 valence electrons. The summed E-state index contributed by atoms with van der Waals surface area (Å²) in [7, 11) is 1.26. The quantitative estimate of drug-likeness (QED) is 0.503. The van der Waals surface area contributed by atoms with E-state index in [4.69, 9.17) is 4.74 Å². The maximum absolute atomic E-state index is 13.5. The zero-order valence-corrected chi connectivity index (χ0v) is 17.4. The molecule has 0 radical (unpaired) electrons. The Hall–Kier alpha value is -4.19. The van der Waals surface area contributed by atoms with Crippen LogP contribution in [-0.4, -0.2) is 38.1 Å². The monoisotopic (exact) mass is 482 g/mol. The zero-order chi connectivity index (χ0) is 25.0. The molecule has 0 fully saturated rings. The summed E-state index contributed by atoms with van der Waals surface area (Å²) in [5, 5.41) is 21.1. The van der Waals surface area contributed by atoms with Crippen molar-refractivity contribution in [2.75, 3.05) is 17.7 Å². The number of anilines is 2. The second-order valence-electron chi connectivity index (χ2n) is 6.63. The number of urea groups is 1. The van der Waals surface area contributed by atoms with Crippen LogP contribution in [0.25, 0.3) is 5.82 Å². The summed E-state index contributed by atoms with van der Waals surface area (Å²) in [5.41, 5.74) is -3.05. The molecule has 3 heterocycles. The molecule has 0 saturated heterocycles. The van der Waals surface area contributed by atoms with Crippen molar-refractivity contribution in [1.82, 2.24) is 25.0 Å². The van der Waals surface area contributed by atoms with Crippen molar-refractivity contribution in [3.05, 3.63) is 53.2 Å². The lowest BCUT2D eigenvalue weighted by Gasteiger charge is -2.19. The summed E-state index contributed by atoms with van der Waals surface area (Å²) in [6, 6.07) is 1.21. The standard InChI is InChI=1S/C19H15F5N8O2/c1-9(34-2)14-11(6-25)15(16(20)21)26-8-13(14)31-18(33)30-10-5-12(19(22,23)24)17(27-7-10)32-28-3-4-29-32/h3-5,7-9,16H,1-2H3,(H2,30,31,33)/t9-/m1/s1. The molecule has 0 aliphatic heterocycles. The fourth-order valence-electron chi connectivity index (χ4n) is 2.97. The fraction of sp³-hybridized carbons (Fsp3) is 0.263. The highest BCUT2D eigenvalue weighted by Crippen LogP contribution is 2.35. The summed E-state index contributed by atoms with van der Waals surface area (Å²) in [4.78, 5) is 20.4. The highest BCUT2D eigenvalue weighted by molar-refractivity contribution is 6.00. The van der Waals surface area contributed by atoms with Crippen LogP contribution in [0.5, 0.6) is 0 Å². The second-order valence-corrected chi connectivity index (χ2v) is 6.63. The van der Waals surface area contributed by atoms with Gasteiger partial charge in [0.15, 0.2) is 5.82 Å². The first-order valence-electron chi connectivity index (χ1n) is 9.32. The number of nitrogens with zero attached hydrogens (tertiary/aromatic N) is 6. The Bertz CT molecular complexity index is 1220. The molecule has 3 aromatic rings. The Balaban J connectivity index is 1.93. The van der Waals surface area contributed by atoms with Crippen molar-refractivity contribution in [1.29, 1.82) is 5.26 Å². The van der Waals surface area contributed by atoms with Crippen molar-refractivity contribution >= 4 is 17.4 Å². The molecule has 3 aromatic heterocycles. The molecule has 0 spiro atoms. The molecule has 34 heavy (non-hydrogen) atoms. The Labute approximate surface area is 188 Å². The average Bonchev–Trinajstić information content (AvgIpc) is 3.32. The number of ether oxygens (including phenoxy) is 1. The average molecular weight is 482 g/mol. The Morgan fingerprint density at radius 1 is 1.18 bits per heavy atom. The van der Waals surface area contributed by atoms with Crippen LogP contribution in [0.3, 0.4) is 0 Å². The zero-order valence-electron chi connectivity index (χ0n) is 17.4. The number of alkyl halides is 5. The summed E-state index contributed by atoms with van der Waals surface area (Å²) >= 11 is 0. The lowest BCUT2D eigenvalue weighted by Crippen LogP contribution is -2.23.